The molecule has 7 heteroatoms. The van der Waals surface area contributed by atoms with Crippen molar-refractivity contribution in [3.8, 4) is 0 Å². The fourth-order valence-electron chi connectivity index (χ4n) is 5.91. The van der Waals surface area contributed by atoms with Gasteiger partial charge in [-0.3, -0.25) is 14.4 Å². The summed E-state index contributed by atoms with van der Waals surface area (Å²) < 4.78 is 7.20. The maximum Gasteiger partial charge on any atom is 0.306 e. The van der Waals surface area contributed by atoms with Crippen LogP contribution >= 0.6 is 0 Å². The second-order valence-corrected chi connectivity index (χ2v) is 10.4. The zero-order chi connectivity index (χ0) is 24.6. The standard InChI is InChI=1S/C28H39N3O4/c1-35-26(32)18-21(16-20-10-4-5-11-20)27(33)30-24-17-22-19-31(25-13-7-6-12-23(22)25)15-9-3-2-8-14-29-28(24)34/h6-7,12-13,19-22,24H,2-5,8-11,14-18H2,1H3,(H-,29,30,33,34)/p+1/t21-,22?,24+/m1/s1. The van der Waals surface area contributed by atoms with Gasteiger partial charge in [-0.1, -0.05) is 50.3 Å². The van der Waals surface area contributed by atoms with Gasteiger partial charge in [0.25, 0.3) is 0 Å². The van der Waals surface area contributed by atoms with Crippen molar-refractivity contribution in [2.24, 2.45) is 11.8 Å². The lowest BCUT2D eigenvalue weighted by molar-refractivity contribution is -0.433. The van der Waals surface area contributed by atoms with Crippen LogP contribution in [0.15, 0.2) is 24.3 Å². The number of esters is 1. The highest BCUT2D eigenvalue weighted by Gasteiger charge is 2.36. The van der Waals surface area contributed by atoms with Gasteiger partial charge in [0, 0.05) is 30.5 Å². The number of amides is 2. The van der Waals surface area contributed by atoms with Gasteiger partial charge in [-0.2, -0.15) is 0 Å². The monoisotopic (exact) mass is 482 g/mol. The molecule has 1 aromatic carbocycles. The largest absolute Gasteiger partial charge is 0.469 e. The van der Waals surface area contributed by atoms with Crippen LogP contribution in [0.2, 0.25) is 0 Å². The molecule has 1 aromatic rings. The van der Waals surface area contributed by atoms with Crippen molar-refractivity contribution >= 4 is 29.7 Å². The van der Waals surface area contributed by atoms with E-state index in [1.807, 2.05) is 6.07 Å². The van der Waals surface area contributed by atoms with Crippen LogP contribution < -0.4 is 10.6 Å². The first-order chi connectivity index (χ1) is 17.0. The summed E-state index contributed by atoms with van der Waals surface area (Å²) in [6, 6.07) is 7.70. The van der Waals surface area contributed by atoms with Crippen molar-refractivity contribution in [2.75, 3.05) is 20.2 Å². The highest BCUT2D eigenvalue weighted by molar-refractivity contribution is 5.90. The van der Waals surface area contributed by atoms with Crippen molar-refractivity contribution in [3.05, 3.63) is 29.8 Å². The molecule has 0 aromatic heterocycles. The topological polar surface area (TPSA) is 87.5 Å². The second kappa shape index (κ2) is 12.3. The zero-order valence-electron chi connectivity index (χ0n) is 21.0. The molecule has 1 saturated carbocycles. The predicted molar refractivity (Wildman–Crippen MR) is 135 cm³/mol. The Morgan fingerprint density at radius 2 is 1.89 bits per heavy atom. The normalized spacial score (nSPS) is 24.1. The summed E-state index contributed by atoms with van der Waals surface area (Å²) in [5, 5.41) is 6.11. The minimum absolute atomic E-state index is 0.0527. The van der Waals surface area contributed by atoms with Gasteiger partial charge in [-0.25, -0.2) is 4.58 Å². The van der Waals surface area contributed by atoms with Crippen molar-refractivity contribution in [3.63, 3.8) is 0 Å². The first-order valence-corrected chi connectivity index (χ1v) is 13.4. The number of para-hydroxylation sites is 1. The van der Waals surface area contributed by atoms with Gasteiger partial charge in [0.2, 0.25) is 17.5 Å². The van der Waals surface area contributed by atoms with E-state index in [-0.39, 0.29) is 30.1 Å². The molecule has 1 fully saturated rings. The van der Waals surface area contributed by atoms with Crippen LogP contribution in [0.1, 0.15) is 82.1 Å². The predicted octanol–water partition coefficient (Wildman–Crippen LogP) is 3.82. The number of rotatable bonds is 6. The number of nitrogens with zero attached hydrogens (tertiary/aromatic N) is 1. The van der Waals surface area contributed by atoms with Crippen molar-refractivity contribution in [1.82, 2.24) is 10.6 Å². The number of benzene rings is 1. The molecule has 3 atom stereocenters. The van der Waals surface area contributed by atoms with Crippen LogP contribution in [0.4, 0.5) is 5.69 Å². The van der Waals surface area contributed by atoms with Crippen molar-refractivity contribution in [2.45, 2.75) is 82.6 Å². The molecule has 35 heavy (non-hydrogen) atoms. The third kappa shape index (κ3) is 6.71. The van der Waals surface area contributed by atoms with Crippen LogP contribution in [0.25, 0.3) is 0 Å². The summed E-state index contributed by atoms with van der Waals surface area (Å²) in [4.78, 5) is 38.8. The summed E-state index contributed by atoms with van der Waals surface area (Å²) in [5.74, 6) is -0.699. The highest BCUT2D eigenvalue weighted by Crippen LogP contribution is 2.35. The Bertz CT molecular complexity index is 938. The van der Waals surface area contributed by atoms with Gasteiger partial charge < -0.3 is 15.4 Å². The van der Waals surface area contributed by atoms with Crippen LogP contribution in [0.3, 0.4) is 0 Å². The second-order valence-electron chi connectivity index (χ2n) is 10.4. The lowest BCUT2D eigenvalue weighted by Gasteiger charge is -2.24. The van der Waals surface area contributed by atoms with E-state index in [0.29, 0.717) is 25.3 Å². The van der Waals surface area contributed by atoms with Crippen molar-refractivity contribution < 1.29 is 23.7 Å². The van der Waals surface area contributed by atoms with Gasteiger partial charge in [-0.15, -0.1) is 0 Å². The Morgan fingerprint density at radius 3 is 2.69 bits per heavy atom. The van der Waals surface area contributed by atoms with Crippen LogP contribution in [0.5, 0.6) is 0 Å². The Kier molecular flexibility index (Phi) is 8.94. The van der Waals surface area contributed by atoms with Crippen LogP contribution in [-0.4, -0.2) is 54.8 Å². The average Bonchev–Trinajstić information content (AvgIpc) is 3.50. The number of carbonyl (C=O) groups is 3. The molecule has 1 unspecified atom stereocenters. The molecular formula is C28H40N3O4+. The molecule has 7 nitrogen and oxygen atoms in total. The van der Waals surface area contributed by atoms with Gasteiger partial charge in [0.15, 0.2) is 6.21 Å². The van der Waals surface area contributed by atoms with E-state index in [4.69, 9.17) is 4.74 Å². The number of ether oxygens (including phenoxy) is 1. The molecule has 2 amide bonds. The smallest absolute Gasteiger partial charge is 0.306 e. The molecule has 0 saturated heterocycles. The average molecular weight is 483 g/mol. The molecule has 0 spiro atoms. The fourth-order valence-corrected chi connectivity index (χ4v) is 5.91. The quantitative estimate of drug-likeness (QED) is 0.477. The van der Waals surface area contributed by atoms with E-state index < -0.39 is 12.0 Å². The van der Waals surface area contributed by atoms with E-state index in [2.05, 4.69) is 39.6 Å². The van der Waals surface area contributed by atoms with Crippen molar-refractivity contribution in [1.29, 1.82) is 0 Å². The molecule has 0 radical (unpaired) electrons. The van der Waals surface area contributed by atoms with E-state index in [1.165, 1.54) is 31.2 Å². The maximum atomic E-state index is 13.5. The molecule has 4 rings (SSSR count). The Balaban J connectivity index is 1.53. The minimum Gasteiger partial charge on any atom is -0.469 e. The maximum absolute atomic E-state index is 13.5. The third-order valence-electron chi connectivity index (χ3n) is 7.86. The van der Waals surface area contributed by atoms with E-state index in [9.17, 15) is 14.4 Å². The molecule has 2 heterocycles. The summed E-state index contributed by atoms with van der Waals surface area (Å²) >= 11 is 0. The van der Waals surface area contributed by atoms with Gasteiger partial charge >= 0.3 is 5.97 Å². The number of nitrogens with one attached hydrogen (secondary N) is 2. The number of carbonyl (C=O) groups excluding carboxylic acids is 3. The molecule has 190 valence electrons. The molecule has 2 bridgehead atoms. The first kappa shape index (κ1) is 25.4. The van der Waals surface area contributed by atoms with Gasteiger partial charge in [0.1, 0.15) is 12.6 Å². The van der Waals surface area contributed by atoms with Crippen LogP contribution in [-0.2, 0) is 19.1 Å². The summed E-state index contributed by atoms with van der Waals surface area (Å²) in [5.41, 5.74) is 2.40. The Morgan fingerprint density at radius 1 is 1.11 bits per heavy atom. The lowest BCUT2D eigenvalue weighted by Crippen LogP contribution is -2.49. The summed E-state index contributed by atoms with van der Waals surface area (Å²) in [6.07, 6.45) is 12.2. The highest BCUT2D eigenvalue weighted by atomic mass is 16.5. The van der Waals surface area contributed by atoms with E-state index >= 15 is 0 Å². The van der Waals surface area contributed by atoms with Gasteiger partial charge in [-0.05, 0) is 31.6 Å². The lowest BCUT2D eigenvalue weighted by atomic mass is 9.89. The minimum atomic E-state index is -0.652. The first-order valence-electron chi connectivity index (χ1n) is 13.4. The number of methoxy groups -OCH3 is 1. The number of hydrogen-bond acceptors (Lipinski definition) is 4. The zero-order valence-corrected chi connectivity index (χ0v) is 21.0. The number of hydrogen-bond donors (Lipinski definition) is 2. The molecule has 1 aliphatic carbocycles. The Labute approximate surface area is 208 Å². The summed E-state index contributed by atoms with van der Waals surface area (Å²) in [6.45, 7) is 1.59. The van der Waals surface area contributed by atoms with Gasteiger partial charge in [0.05, 0.1) is 19.4 Å². The fraction of sp³-hybridized carbons (Fsp3) is 0.643. The van der Waals surface area contributed by atoms with E-state index in [0.717, 1.165) is 45.1 Å². The molecule has 3 aliphatic rings. The molecule has 2 aliphatic heterocycles. The molecular weight excluding hydrogens is 442 g/mol. The number of fused-ring (bicyclic) bond motifs is 4. The summed E-state index contributed by atoms with van der Waals surface area (Å²) in [7, 11) is 1.36. The third-order valence-corrected chi connectivity index (χ3v) is 7.86. The molecule has 2 N–H and O–H groups in total. The van der Waals surface area contributed by atoms with Crippen LogP contribution in [0, 0.1) is 11.8 Å². The SMILES string of the molecule is COC(=O)C[C@@H](CC1CCCC1)C(=O)N[C@H]1CC2C=[N+](CCCCCCNC1=O)c1ccccc12. The van der Waals surface area contributed by atoms with E-state index in [1.54, 1.807) is 0 Å². The Hall–Kier alpha value is -2.70.